The number of fused-ring (bicyclic) bond motifs is 1. The van der Waals surface area contributed by atoms with Gasteiger partial charge in [-0.05, 0) is 6.07 Å². The molecule has 0 fully saturated rings. The van der Waals surface area contributed by atoms with Gasteiger partial charge < -0.3 is 5.11 Å². The molecule has 0 atom stereocenters. The quantitative estimate of drug-likeness (QED) is 0.639. The lowest BCUT2D eigenvalue weighted by atomic mass is 10.3. The summed E-state index contributed by atoms with van der Waals surface area (Å²) in [6, 6.07) is 1.77. The van der Waals surface area contributed by atoms with Crippen LogP contribution in [0.25, 0.3) is 10.8 Å². The molecule has 0 unspecified atom stereocenters. The first kappa shape index (κ1) is 6.84. The second kappa shape index (κ2) is 2.34. The van der Waals surface area contributed by atoms with Gasteiger partial charge in [-0.1, -0.05) is 0 Å². The molecule has 0 aliphatic heterocycles. The molecule has 0 amide bonds. The summed E-state index contributed by atoms with van der Waals surface area (Å²) < 4.78 is 1.12. The molecule has 60 valence electrons. The highest BCUT2D eigenvalue weighted by atomic mass is 16.4. The van der Waals surface area contributed by atoms with Gasteiger partial charge in [-0.3, -0.25) is 9.55 Å². The van der Waals surface area contributed by atoms with Crippen molar-refractivity contribution in [3.63, 3.8) is 0 Å². The van der Waals surface area contributed by atoms with E-state index in [2.05, 4.69) is 4.98 Å². The average Bonchev–Trinajstić information content (AvgIpc) is 2.46. The van der Waals surface area contributed by atoms with Crippen molar-refractivity contribution in [2.45, 2.75) is 0 Å². The van der Waals surface area contributed by atoms with E-state index in [-0.39, 0.29) is 0 Å². The van der Waals surface area contributed by atoms with Crippen molar-refractivity contribution in [2.75, 3.05) is 0 Å². The van der Waals surface area contributed by atoms with E-state index in [1.165, 1.54) is 6.20 Å². The van der Waals surface area contributed by atoms with Crippen molar-refractivity contribution in [1.29, 1.82) is 0 Å². The zero-order valence-electron chi connectivity index (χ0n) is 6.14. The van der Waals surface area contributed by atoms with Gasteiger partial charge in [0.1, 0.15) is 0 Å². The first-order valence-corrected chi connectivity index (χ1v) is 3.42. The summed E-state index contributed by atoms with van der Waals surface area (Å²) in [5.74, 6) is 0. The highest BCUT2D eigenvalue weighted by molar-refractivity contribution is 5.85. The molecule has 0 saturated carbocycles. The van der Waals surface area contributed by atoms with Gasteiger partial charge in [0.15, 0.2) is 0 Å². The third kappa shape index (κ3) is 0.934. The van der Waals surface area contributed by atoms with Crippen molar-refractivity contribution in [1.82, 2.24) is 9.55 Å². The zero-order chi connectivity index (χ0) is 8.55. The number of aromatic nitrogens is 2. The van der Waals surface area contributed by atoms with E-state index < -0.39 is 6.09 Å². The molecule has 12 heavy (non-hydrogen) atoms. The minimum Gasteiger partial charge on any atom is -0.464 e. The van der Waals surface area contributed by atoms with E-state index in [9.17, 15) is 4.79 Å². The number of rotatable bonds is 0. The number of hydrogen-bond acceptors (Lipinski definition) is 2. The summed E-state index contributed by atoms with van der Waals surface area (Å²) in [5.41, 5.74) is 0. The van der Waals surface area contributed by atoms with Crippen LogP contribution in [-0.4, -0.2) is 20.8 Å². The summed E-state index contributed by atoms with van der Waals surface area (Å²) in [6.07, 6.45) is 5.37. The van der Waals surface area contributed by atoms with Crippen LogP contribution in [0.5, 0.6) is 0 Å². The lowest BCUT2D eigenvalue weighted by Gasteiger charge is -1.87. The molecule has 0 saturated heterocycles. The fourth-order valence-electron chi connectivity index (χ4n) is 1.09. The monoisotopic (exact) mass is 162 g/mol. The average molecular weight is 162 g/mol. The molecule has 0 radical (unpaired) electrons. The topological polar surface area (TPSA) is 55.1 Å². The normalized spacial score (nSPS) is 10.3. The Hall–Kier alpha value is -1.84. The Kier molecular flexibility index (Phi) is 1.33. The second-order valence-electron chi connectivity index (χ2n) is 2.45. The highest BCUT2D eigenvalue weighted by Gasteiger charge is 2.02. The SMILES string of the molecule is O=C(O)n1cc2ccncc2c1. The molecular formula is C8H6N2O2. The van der Waals surface area contributed by atoms with E-state index >= 15 is 0 Å². The van der Waals surface area contributed by atoms with Crippen molar-refractivity contribution >= 4 is 16.9 Å². The second-order valence-corrected chi connectivity index (χ2v) is 2.45. The Bertz CT molecular complexity index is 400. The maximum atomic E-state index is 10.5. The summed E-state index contributed by atoms with van der Waals surface area (Å²) in [4.78, 5) is 14.4. The maximum absolute atomic E-state index is 10.5. The van der Waals surface area contributed by atoms with Gasteiger partial charge in [-0.15, -0.1) is 0 Å². The zero-order valence-corrected chi connectivity index (χ0v) is 6.14. The first-order chi connectivity index (χ1) is 5.77. The smallest absolute Gasteiger partial charge is 0.415 e. The summed E-state index contributed by atoms with van der Waals surface area (Å²) in [5, 5.41) is 10.3. The molecule has 2 heterocycles. The lowest BCUT2D eigenvalue weighted by Crippen LogP contribution is -2.03. The minimum atomic E-state index is -0.980. The van der Waals surface area contributed by atoms with Crippen LogP contribution in [0.15, 0.2) is 30.9 Å². The van der Waals surface area contributed by atoms with Crippen LogP contribution in [0.3, 0.4) is 0 Å². The van der Waals surface area contributed by atoms with Gasteiger partial charge >= 0.3 is 6.09 Å². The first-order valence-electron chi connectivity index (χ1n) is 3.42. The Morgan fingerprint density at radius 3 is 2.83 bits per heavy atom. The largest absolute Gasteiger partial charge is 0.464 e. The Morgan fingerprint density at radius 2 is 2.17 bits per heavy atom. The van der Waals surface area contributed by atoms with E-state index in [4.69, 9.17) is 5.11 Å². The third-order valence-electron chi connectivity index (χ3n) is 1.66. The fourth-order valence-corrected chi connectivity index (χ4v) is 1.09. The predicted octanol–water partition coefficient (Wildman–Crippen LogP) is 1.56. The van der Waals surface area contributed by atoms with E-state index in [0.29, 0.717) is 0 Å². The van der Waals surface area contributed by atoms with Crippen molar-refractivity contribution in [2.24, 2.45) is 0 Å². The number of hydrogen-bond donors (Lipinski definition) is 1. The highest BCUT2D eigenvalue weighted by Crippen LogP contribution is 2.12. The molecule has 2 aromatic rings. The molecule has 0 bridgehead atoms. The lowest BCUT2D eigenvalue weighted by molar-refractivity contribution is 0.196. The Balaban J connectivity index is 2.70. The summed E-state index contributed by atoms with van der Waals surface area (Å²) in [7, 11) is 0. The number of carboxylic acid groups (broad SMARTS) is 1. The van der Waals surface area contributed by atoms with Crippen molar-refractivity contribution in [3.05, 3.63) is 30.9 Å². The summed E-state index contributed by atoms with van der Waals surface area (Å²) >= 11 is 0. The molecule has 0 aliphatic carbocycles. The van der Waals surface area contributed by atoms with Crippen LogP contribution in [0.4, 0.5) is 4.79 Å². The molecule has 0 aliphatic rings. The van der Waals surface area contributed by atoms with Crippen LogP contribution >= 0.6 is 0 Å². The van der Waals surface area contributed by atoms with E-state index in [1.807, 2.05) is 0 Å². The summed E-state index contributed by atoms with van der Waals surface area (Å²) in [6.45, 7) is 0. The molecule has 0 aromatic carbocycles. The van der Waals surface area contributed by atoms with Gasteiger partial charge in [0.25, 0.3) is 0 Å². The van der Waals surface area contributed by atoms with Crippen molar-refractivity contribution in [3.8, 4) is 0 Å². The molecule has 1 N–H and O–H groups in total. The molecule has 2 rings (SSSR count). The van der Waals surface area contributed by atoms with Crippen LogP contribution < -0.4 is 0 Å². The Labute approximate surface area is 68.1 Å². The maximum Gasteiger partial charge on any atom is 0.415 e. The number of nitrogens with zero attached hydrogens (tertiary/aromatic N) is 2. The number of pyridine rings is 1. The van der Waals surface area contributed by atoms with Gasteiger partial charge in [0, 0.05) is 35.6 Å². The third-order valence-corrected chi connectivity index (χ3v) is 1.66. The van der Waals surface area contributed by atoms with Gasteiger partial charge in [0.2, 0.25) is 0 Å². The molecule has 4 heteroatoms. The fraction of sp³-hybridized carbons (Fsp3) is 0. The van der Waals surface area contributed by atoms with Crippen LogP contribution in [0.2, 0.25) is 0 Å². The van der Waals surface area contributed by atoms with Crippen LogP contribution in [-0.2, 0) is 0 Å². The molecule has 4 nitrogen and oxygen atoms in total. The van der Waals surface area contributed by atoms with Gasteiger partial charge in [0.05, 0.1) is 0 Å². The van der Waals surface area contributed by atoms with E-state index in [0.717, 1.165) is 15.3 Å². The molecule has 0 spiro atoms. The van der Waals surface area contributed by atoms with Gasteiger partial charge in [-0.25, -0.2) is 4.79 Å². The number of carbonyl (C=O) groups is 1. The molecular weight excluding hydrogens is 156 g/mol. The predicted molar refractivity (Wildman–Crippen MR) is 43.2 cm³/mol. The van der Waals surface area contributed by atoms with Crippen LogP contribution in [0, 0.1) is 0 Å². The molecule has 2 aromatic heterocycles. The van der Waals surface area contributed by atoms with Crippen molar-refractivity contribution < 1.29 is 9.90 Å². The minimum absolute atomic E-state index is 0.833. The van der Waals surface area contributed by atoms with Gasteiger partial charge in [-0.2, -0.15) is 0 Å². The van der Waals surface area contributed by atoms with Crippen LogP contribution in [0.1, 0.15) is 0 Å². The standard InChI is InChI=1S/C8H6N2O2/c11-8(12)10-4-6-1-2-9-3-7(6)5-10/h1-5H,(H,11,12). The van der Waals surface area contributed by atoms with E-state index in [1.54, 1.807) is 24.7 Å². The Morgan fingerprint density at radius 1 is 1.42 bits per heavy atom.